The molecule has 0 spiro atoms. The average Bonchev–Trinajstić information content (AvgIpc) is 1.93. The van der Waals surface area contributed by atoms with Crippen LogP contribution < -0.4 is 0 Å². The first-order valence-electron chi connectivity index (χ1n) is 4.66. The molecule has 11 heavy (non-hydrogen) atoms. The van der Waals surface area contributed by atoms with E-state index in [0.29, 0.717) is 0 Å². The Hall–Kier alpha value is -0.0800. The molecule has 0 aromatic carbocycles. The fourth-order valence-electron chi connectivity index (χ4n) is 1.09. The van der Waals surface area contributed by atoms with Crippen LogP contribution in [0.15, 0.2) is 0 Å². The summed E-state index contributed by atoms with van der Waals surface area (Å²) < 4.78 is 10.5. The Balaban J connectivity index is 1.73. The van der Waals surface area contributed by atoms with Crippen molar-refractivity contribution in [2.45, 2.75) is 45.3 Å². The summed E-state index contributed by atoms with van der Waals surface area (Å²) in [7, 11) is 0. The van der Waals surface area contributed by atoms with Gasteiger partial charge in [0.05, 0.1) is 6.61 Å². The summed E-state index contributed by atoms with van der Waals surface area (Å²) in [6, 6.07) is 0. The molecule has 66 valence electrons. The molecule has 0 aromatic heterocycles. The summed E-state index contributed by atoms with van der Waals surface area (Å²) in [5, 5.41) is 0. The lowest BCUT2D eigenvalue weighted by atomic mass is 10.2. The molecule has 1 atom stereocenters. The van der Waals surface area contributed by atoms with Gasteiger partial charge in [0.15, 0.2) is 6.29 Å². The van der Waals surface area contributed by atoms with Gasteiger partial charge in [0.25, 0.3) is 0 Å². The van der Waals surface area contributed by atoms with Gasteiger partial charge in [-0.3, -0.25) is 0 Å². The maximum absolute atomic E-state index is 5.40. The lowest BCUT2D eigenvalue weighted by Gasteiger charge is -2.26. The highest BCUT2D eigenvalue weighted by Crippen LogP contribution is 2.12. The molecule has 0 bridgehead atoms. The molecule has 2 heteroatoms. The molecule has 1 aliphatic heterocycles. The minimum Gasteiger partial charge on any atom is -0.353 e. The molecule has 0 aliphatic carbocycles. The van der Waals surface area contributed by atoms with E-state index < -0.39 is 0 Å². The second kappa shape index (κ2) is 5.56. The largest absolute Gasteiger partial charge is 0.353 e. The first-order chi connectivity index (χ1) is 5.43. The van der Waals surface area contributed by atoms with Crippen molar-refractivity contribution in [3.05, 3.63) is 0 Å². The van der Waals surface area contributed by atoms with Crippen LogP contribution in [0.5, 0.6) is 0 Å². The molecule has 0 amide bonds. The Kier molecular flexibility index (Phi) is 4.55. The minimum absolute atomic E-state index is 0.136. The number of hydrogen-bond donors (Lipinski definition) is 0. The van der Waals surface area contributed by atoms with Crippen LogP contribution in [0.25, 0.3) is 0 Å². The summed E-state index contributed by atoms with van der Waals surface area (Å²) in [6.07, 6.45) is 6.33. The highest BCUT2D eigenvalue weighted by atomic mass is 16.7. The maximum Gasteiger partial charge on any atom is 0.159 e. The van der Waals surface area contributed by atoms with Crippen molar-refractivity contribution in [2.75, 3.05) is 13.2 Å². The quantitative estimate of drug-likeness (QED) is 0.552. The Bertz CT molecular complexity index is 89.6. The first-order valence-corrected chi connectivity index (χ1v) is 4.66. The van der Waals surface area contributed by atoms with Gasteiger partial charge < -0.3 is 9.47 Å². The average molecular weight is 158 g/mol. The maximum atomic E-state index is 5.40. The smallest absolute Gasteiger partial charge is 0.159 e. The molecule has 0 radical (unpaired) electrons. The van der Waals surface area contributed by atoms with Gasteiger partial charge in [-0.15, -0.1) is 0 Å². The molecular weight excluding hydrogens is 140 g/mol. The van der Waals surface area contributed by atoms with Gasteiger partial charge in [-0.1, -0.05) is 26.2 Å². The molecule has 1 fully saturated rings. The highest BCUT2D eigenvalue weighted by Gasteiger charge is 2.17. The van der Waals surface area contributed by atoms with Crippen LogP contribution in [0.4, 0.5) is 0 Å². The third-order valence-electron chi connectivity index (χ3n) is 1.96. The first kappa shape index (κ1) is 9.01. The predicted octanol–water partition coefficient (Wildman–Crippen LogP) is 2.33. The van der Waals surface area contributed by atoms with E-state index in [-0.39, 0.29) is 6.29 Å². The lowest BCUT2D eigenvalue weighted by Crippen LogP contribution is -2.29. The van der Waals surface area contributed by atoms with Crippen LogP contribution in [-0.2, 0) is 9.47 Å². The van der Waals surface area contributed by atoms with E-state index in [0.717, 1.165) is 19.6 Å². The van der Waals surface area contributed by atoms with Gasteiger partial charge in [0.1, 0.15) is 0 Å². The van der Waals surface area contributed by atoms with Gasteiger partial charge in [-0.05, 0) is 6.42 Å². The fraction of sp³-hybridized carbons (Fsp3) is 1.00. The number of rotatable bonds is 6. The molecule has 2 nitrogen and oxygen atoms in total. The minimum atomic E-state index is 0.136. The molecule has 1 aliphatic rings. The topological polar surface area (TPSA) is 18.5 Å². The highest BCUT2D eigenvalue weighted by molar-refractivity contribution is 4.54. The van der Waals surface area contributed by atoms with Crippen LogP contribution in [-0.4, -0.2) is 19.5 Å². The van der Waals surface area contributed by atoms with E-state index in [4.69, 9.17) is 9.47 Å². The van der Waals surface area contributed by atoms with E-state index in [1.54, 1.807) is 0 Å². The van der Waals surface area contributed by atoms with Gasteiger partial charge >= 0.3 is 0 Å². The van der Waals surface area contributed by atoms with E-state index >= 15 is 0 Å². The van der Waals surface area contributed by atoms with Crippen LogP contribution in [0.3, 0.4) is 0 Å². The lowest BCUT2D eigenvalue weighted by molar-refractivity contribution is -0.214. The standard InChI is InChI=1S/C9H18O2/c1-2-3-4-5-7-10-9-6-8-11-9/h9H,2-8H2,1H3. The number of hydrogen-bond acceptors (Lipinski definition) is 2. The summed E-state index contributed by atoms with van der Waals surface area (Å²) >= 11 is 0. The molecular formula is C9H18O2. The second-order valence-corrected chi connectivity index (χ2v) is 3.02. The zero-order valence-electron chi connectivity index (χ0n) is 7.34. The van der Waals surface area contributed by atoms with E-state index in [1.165, 1.54) is 25.7 Å². The van der Waals surface area contributed by atoms with Crippen molar-refractivity contribution in [1.82, 2.24) is 0 Å². The predicted molar refractivity (Wildman–Crippen MR) is 44.5 cm³/mol. The molecule has 1 saturated heterocycles. The second-order valence-electron chi connectivity index (χ2n) is 3.02. The molecule has 1 rings (SSSR count). The van der Waals surface area contributed by atoms with Gasteiger partial charge in [0, 0.05) is 13.0 Å². The monoisotopic (exact) mass is 158 g/mol. The van der Waals surface area contributed by atoms with Gasteiger partial charge in [-0.2, -0.15) is 0 Å². The summed E-state index contributed by atoms with van der Waals surface area (Å²) in [6.45, 7) is 3.99. The normalized spacial score (nSPS) is 23.2. The van der Waals surface area contributed by atoms with Crippen molar-refractivity contribution < 1.29 is 9.47 Å². The molecule has 0 saturated carbocycles. The van der Waals surface area contributed by atoms with Crippen LogP contribution in [0.2, 0.25) is 0 Å². The van der Waals surface area contributed by atoms with E-state index in [2.05, 4.69) is 6.92 Å². The van der Waals surface area contributed by atoms with Crippen molar-refractivity contribution in [2.24, 2.45) is 0 Å². The summed E-state index contributed by atoms with van der Waals surface area (Å²) in [4.78, 5) is 0. The van der Waals surface area contributed by atoms with Crippen LogP contribution in [0, 0.1) is 0 Å². The van der Waals surface area contributed by atoms with Crippen molar-refractivity contribution in [3.8, 4) is 0 Å². The molecule has 0 aromatic rings. The zero-order chi connectivity index (χ0) is 7.94. The molecule has 1 heterocycles. The third kappa shape index (κ3) is 3.73. The SMILES string of the molecule is CCCCCCOC1CCO1. The Morgan fingerprint density at radius 1 is 1.36 bits per heavy atom. The van der Waals surface area contributed by atoms with Crippen molar-refractivity contribution in [1.29, 1.82) is 0 Å². The van der Waals surface area contributed by atoms with Gasteiger partial charge in [0.2, 0.25) is 0 Å². The van der Waals surface area contributed by atoms with E-state index in [9.17, 15) is 0 Å². The Labute approximate surface area is 68.9 Å². The zero-order valence-corrected chi connectivity index (χ0v) is 7.34. The Morgan fingerprint density at radius 2 is 2.18 bits per heavy atom. The number of unbranched alkanes of at least 4 members (excludes halogenated alkanes) is 3. The Morgan fingerprint density at radius 3 is 2.73 bits per heavy atom. The van der Waals surface area contributed by atoms with Gasteiger partial charge in [-0.25, -0.2) is 0 Å². The fourth-order valence-corrected chi connectivity index (χ4v) is 1.09. The molecule has 0 N–H and O–H groups in total. The van der Waals surface area contributed by atoms with Crippen LogP contribution in [0.1, 0.15) is 39.0 Å². The molecule has 1 unspecified atom stereocenters. The summed E-state index contributed by atoms with van der Waals surface area (Å²) in [5.41, 5.74) is 0. The van der Waals surface area contributed by atoms with Crippen molar-refractivity contribution >= 4 is 0 Å². The summed E-state index contributed by atoms with van der Waals surface area (Å²) in [5.74, 6) is 0. The van der Waals surface area contributed by atoms with E-state index in [1.807, 2.05) is 0 Å². The van der Waals surface area contributed by atoms with Crippen LogP contribution >= 0.6 is 0 Å². The van der Waals surface area contributed by atoms with Crippen molar-refractivity contribution in [3.63, 3.8) is 0 Å². The number of ether oxygens (including phenoxy) is 2. The third-order valence-corrected chi connectivity index (χ3v) is 1.96.